The smallest absolute Gasteiger partial charge is 0.191 e. The van der Waals surface area contributed by atoms with Crippen LogP contribution in [0.15, 0.2) is 29.3 Å². The van der Waals surface area contributed by atoms with E-state index < -0.39 is 0 Å². The van der Waals surface area contributed by atoms with Crippen molar-refractivity contribution >= 4 is 29.9 Å². The SMILES string of the molecule is I.c1ccc(CN2CCOCC2)c(CNC2=NCCCN2)c1. The highest BCUT2D eigenvalue weighted by molar-refractivity contribution is 14.0. The lowest BCUT2D eigenvalue weighted by molar-refractivity contribution is 0.0341. The summed E-state index contributed by atoms with van der Waals surface area (Å²) in [7, 11) is 0. The van der Waals surface area contributed by atoms with Gasteiger partial charge >= 0.3 is 0 Å². The molecule has 0 saturated carbocycles. The highest BCUT2D eigenvalue weighted by atomic mass is 127. The number of hydrogen-bond donors (Lipinski definition) is 2. The third-order valence-electron chi connectivity index (χ3n) is 3.96. The van der Waals surface area contributed by atoms with Crippen LogP contribution in [0, 0.1) is 0 Å². The van der Waals surface area contributed by atoms with Crippen molar-refractivity contribution in [1.29, 1.82) is 0 Å². The van der Waals surface area contributed by atoms with Gasteiger partial charge in [0.1, 0.15) is 0 Å². The van der Waals surface area contributed by atoms with Gasteiger partial charge in [-0.2, -0.15) is 0 Å². The van der Waals surface area contributed by atoms with Crippen LogP contribution in [0.4, 0.5) is 0 Å². The van der Waals surface area contributed by atoms with E-state index in [0.29, 0.717) is 0 Å². The van der Waals surface area contributed by atoms with Crippen molar-refractivity contribution in [3.63, 3.8) is 0 Å². The lowest BCUT2D eigenvalue weighted by Gasteiger charge is -2.27. The molecule has 122 valence electrons. The fourth-order valence-corrected chi connectivity index (χ4v) is 2.71. The van der Waals surface area contributed by atoms with Gasteiger partial charge in [0, 0.05) is 39.3 Å². The van der Waals surface area contributed by atoms with Gasteiger partial charge in [-0.1, -0.05) is 24.3 Å². The molecule has 22 heavy (non-hydrogen) atoms. The second-order valence-electron chi connectivity index (χ2n) is 5.52. The molecule has 0 unspecified atom stereocenters. The Balaban J connectivity index is 0.00000176. The van der Waals surface area contributed by atoms with Crippen LogP contribution in [0.5, 0.6) is 0 Å². The first-order valence-electron chi connectivity index (χ1n) is 7.81. The van der Waals surface area contributed by atoms with Gasteiger partial charge in [-0.15, -0.1) is 24.0 Å². The summed E-state index contributed by atoms with van der Waals surface area (Å²) in [5, 5.41) is 6.71. The Morgan fingerprint density at radius 1 is 1.18 bits per heavy atom. The quantitative estimate of drug-likeness (QED) is 0.732. The van der Waals surface area contributed by atoms with Crippen molar-refractivity contribution in [2.24, 2.45) is 4.99 Å². The van der Waals surface area contributed by atoms with Gasteiger partial charge in [0.25, 0.3) is 0 Å². The molecule has 2 heterocycles. The van der Waals surface area contributed by atoms with E-state index in [0.717, 1.165) is 64.9 Å². The molecule has 1 fully saturated rings. The summed E-state index contributed by atoms with van der Waals surface area (Å²) < 4.78 is 5.42. The van der Waals surface area contributed by atoms with E-state index in [2.05, 4.69) is 44.8 Å². The topological polar surface area (TPSA) is 48.9 Å². The highest BCUT2D eigenvalue weighted by Crippen LogP contribution is 2.13. The van der Waals surface area contributed by atoms with Gasteiger partial charge in [-0.3, -0.25) is 9.89 Å². The van der Waals surface area contributed by atoms with Crippen LogP contribution in [0.25, 0.3) is 0 Å². The molecule has 5 nitrogen and oxygen atoms in total. The molecular formula is C16H25IN4O. The van der Waals surface area contributed by atoms with E-state index in [1.54, 1.807) is 0 Å². The maximum absolute atomic E-state index is 5.42. The van der Waals surface area contributed by atoms with Crippen LogP contribution in [0.3, 0.4) is 0 Å². The summed E-state index contributed by atoms with van der Waals surface area (Å²) in [6, 6.07) is 8.65. The van der Waals surface area contributed by atoms with Crippen LogP contribution in [-0.4, -0.2) is 50.3 Å². The van der Waals surface area contributed by atoms with E-state index in [1.165, 1.54) is 11.1 Å². The number of halogens is 1. The third kappa shape index (κ3) is 5.10. The van der Waals surface area contributed by atoms with Gasteiger partial charge < -0.3 is 15.4 Å². The number of aliphatic imine (C=N–C) groups is 1. The van der Waals surface area contributed by atoms with Crippen LogP contribution < -0.4 is 10.6 Å². The van der Waals surface area contributed by atoms with Gasteiger partial charge in [-0.25, -0.2) is 0 Å². The summed E-state index contributed by atoms with van der Waals surface area (Å²) in [5.74, 6) is 0.933. The molecule has 0 aliphatic carbocycles. The number of nitrogens with one attached hydrogen (secondary N) is 2. The number of rotatable bonds is 4. The lowest BCUT2D eigenvalue weighted by Crippen LogP contribution is -2.40. The van der Waals surface area contributed by atoms with E-state index in [4.69, 9.17) is 4.74 Å². The van der Waals surface area contributed by atoms with E-state index in [9.17, 15) is 0 Å². The van der Waals surface area contributed by atoms with Crippen molar-refractivity contribution in [3.05, 3.63) is 35.4 Å². The Bertz CT molecular complexity index is 489. The first-order valence-corrected chi connectivity index (χ1v) is 7.81. The molecule has 1 saturated heterocycles. The Kier molecular flexibility index (Phi) is 7.41. The number of nitrogens with zero attached hydrogens (tertiary/aromatic N) is 2. The molecule has 0 spiro atoms. The Hall–Kier alpha value is -0.860. The zero-order chi connectivity index (χ0) is 14.3. The fraction of sp³-hybridized carbons (Fsp3) is 0.562. The minimum absolute atomic E-state index is 0. The monoisotopic (exact) mass is 416 g/mol. The van der Waals surface area contributed by atoms with Crippen molar-refractivity contribution in [2.75, 3.05) is 39.4 Å². The molecule has 0 bridgehead atoms. The predicted octanol–water partition coefficient (Wildman–Crippen LogP) is 1.58. The summed E-state index contributed by atoms with van der Waals surface area (Å²) in [5.41, 5.74) is 2.74. The molecule has 3 rings (SSSR count). The largest absolute Gasteiger partial charge is 0.379 e. The van der Waals surface area contributed by atoms with Crippen LogP contribution >= 0.6 is 24.0 Å². The maximum Gasteiger partial charge on any atom is 0.191 e. The molecule has 0 radical (unpaired) electrons. The summed E-state index contributed by atoms with van der Waals surface area (Å²) in [4.78, 5) is 6.91. The molecule has 0 amide bonds. The molecule has 2 aliphatic rings. The molecule has 0 aromatic heterocycles. The zero-order valence-corrected chi connectivity index (χ0v) is 15.2. The first kappa shape index (κ1) is 17.5. The van der Waals surface area contributed by atoms with Crippen molar-refractivity contribution in [2.45, 2.75) is 19.5 Å². The summed E-state index contributed by atoms with van der Waals surface area (Å²) >= 11 is 0. The van der Waals surface area contributed by atoms with Crippen molar-refractivity contribution < 1.29 is 4.74 Å². The minimum atomic E-state index is 0. The Morgan fingerprint density at radius 2 is 1.95 bits per heavy atom. The number of morpholine rings is 1. The maximum atomic E-state index is 5.42. The average Bonchev–Trinajstić information content (AvgIpc) is 2.56. The molecular weight excluding hydrogens is 391 g/mol. The molecule has 2 N–H and O–H groups in total. The van der Waals surface area contributed by atoms with Gasteiger partial charge in [-0.05, 0) is 17.5 Å². The van der Waals surface area contributed by atoms with Crippen molar-refractivity contribution in [3.8, 4) is 0 Å². The average molecular weight is 416 g/mol. The van der Waals surface area contributed by atoms with Crippen LogP contribution in [0.2, 0.25) is 0 Å². The molecule has 1 aromatic carbocycles. The highest BCUT2D eigenvalue weighted by Gasteiger charge is 2.13. The predicted molar refractivity (Wildman–Crippen MR) is 99.7 cm³/mol. The lowest BCUT2D eigenvalue weighted by atomic mass is 10.1. The number of guanidine groups is 1. The molecule has 1 aromatic rings. The standard InChI is InChI=1S/C16H24N4O.HI/c1-2-5-15(13-20-8-10-21-11-9-20)14(4-1)12-19-16-17-6-3-7-18-16;/h1-2,4-5H,3,6-13H2,(H2,17,18,19);1H. The second-order valence-corrected chi connectivity index (χ2v) is 5.52. The van der Waals surface area contributed by atoms with Crippen molar-refractivity contribution in [1.82, 2.24) is 15.5 Å². The molecule has 0 atom stereocenters. The van der Waals surface area contributed by atoms with Gasteiger partial charge in [0.05, 0.1) is 13.2 Å². The van der Waals surface area contributed by atoms with Crippen LogP contribution in [0.1, 0.15) is 17.5 Å². The normalized spacial score (nSPS) is 18.8. The Morgan fingerprint density at radius 3 is 2.68 bits per heavy atom. The van der Waals surface area contributed by atoms with E-state index >= 15 is 0 Å². The van der Waals surface area contributed by atoms with Gasteiger partial charge in [0.2, 0.25) is 0 Å². The number of ether oxygens (including phenoxy) is 1. The molecule has 2 aliphatic heterocycles. The summed E-state index contributed by atoms with van der Waals surface area (Å²) in [6.45, 7) is 7.51. The minimum Gasteiger partial charge on any atom is -0.379 e. The fourth-order valence-electron chi connectivity index (χ4n) is 2.71. The Labute approximate surface area is 149 Å². The third-order valence-corrected chi connectivity index (χ3v) is 3.96. The number of benzene rings is 1. The number of hydrogen-bond acceptors (Lipinski definition) is 5. The summed E-state index contributed by atoms with van der Waals surface area (Å²) in [6.07, 6.45) is 1.12. The molecule has 6 heteroatoms. The van der Waals surface area contributed by atoms with Crippen LogP contribution in [-0.2, 0) is 17.8 Å². The first-order chi connectivity index (χ1) is 10.4. The van der Waals surface area contributed by atoms with Gasteiger partial charge in [0.15, 0.2) is 5.96 Å². The second kappa shape index (κ2) is 9.32. The van der Waals surface area contributed by atoms with E-state index in [-0.39, 0.29) is 24.0 Å². The van der Waals surface area contributed by atoms with E-state index in [1.807, 2.05) is 0 Å². The zero-order valence-electron chi connectivity index (χ0n) is 12.9.